The maximum Gasteiger partial charge on any atom is 0.254 e. The molecule has 0 bridgehead atoms. The molecule has 106 valence electrons. The number of hydrogen-bond acceptors (Lipinski definition) is 3. The lowest BCUT2D eigenvalue weighted by molar-refractivity contribution is 0.0754. The van der Waals surface area contributed by atoms with Crippen molar-refractivity contribution >= 4 is 11.7 Å². The molecule has 1 N–H and O–H groups in total. The lowest BCUT2D eigenvalue weighted by atomic mass is 9.90. The van der Waals surface area contributed by atoms with Crippen LogP contribution in [0.15, 0.2) is 12.1 Å². The van der Waals surface area contributed by atoms with E-state index in [2.05, 4.69) is 31.1 Å². The summed E-state index contributed by atoms with van der Waals surface area (Å²) >= 11 is 0. The van der Waals surface area contributed by atoms with Crippen LogP contribution in [0.1, 0.15) is 50.7 Å². The van der Waals surface area contributed by atoms with Crippen molar-refractivity contribution in [1.82, 2.24) is 9.88 Å². The average Bonchev–Trinajstić information content (AvgIpc) is 2.35. The summed E-state index contributed by atoms with van der Waals surface area (Å²) in [6, 6.07) is 3.87. The molecule has 1 aromatic heterocycles. The zero-order valence-electron chi connectivity index (χ0n) is 13.0. The summed E-state index contributed by atoms with van der Waals surface area (Å²) in [5.41, 5.74) is 1.51. The van der Waals surface area contributed by atoms with Crippen molar-refractivity contribution in [1.29, 1.82) is 0 Å². The highest BCUT2D eigenvalue weighted by molar-refractivity contribution is 5.95. The van der Waals surface area contributed by atoms with E-state index in [1.54, 1.807) is 11.0 Å². The normalized spacial score (nSPS) is 11.6. The number of nitrogens with one attached hydrogen (secondary N) is 1. The average molecular weight is 263 g/mol. The molecule has 1 amide bonds. The largest absolute Gasteiger partial charge is 0.373 e. The van der Waals surface area contributed by atoms with Crippen LogP contribution < -0.4 is 5.32 Å². The molecule has 0 aliphatic carbocycles. The van der Waals surface area contributed by atoms with Crippen LogP contribution in [0.4, 0.5) is 5.82 Å². The molecular formula is C15H25N3O. The number of nitrogens with zero attached hydrogens (tertiary/aromatic N) is 2. The van der Waals surface area contributed by atoms with Crippen molar-refractivity contribution in [3.05, 3.63) is 23.4 Å². The minimum Gasteiger partial charge on any atom is -0.373 e. The van der Waals surface area contributed by atoms with Gasteiger partial charge in [0.05, 0.1) is 0 Å². The fourth-order valence-corrected chi connectivity index (χ4v) is 1.60. The van der Waals surface area contributed by atoms with Crippen LogP contribution in [-0.4, -0.2) is 35.9 Å². The maximum atomic E-state index is 12.4. The SMILES string of the molecule is CNc1cc(C(=O)N(C)C(C)C)cc(C(C)(C)C)n1. The lowest BCUT2D eigenvalue weighted by Gasteiger charge is -2.24. The third-order valence-corrected chi connectivity index (χ3v) is 3.19. The third kappa shape index (κ3) is 3.69. The van der Waals surface area contributed by atoms with Crippen LogP contribution in [0.25, 0.3) is 0 Å². The molecule has 0 aromatic carbocycles. The van der Waals surface area contributed by atoms with Gasteiger partial charge >= 0.3 is 0 Å². The van der Waals surface area contributed by atoms with Gasteiger partial charge in [-0.1, -0.05) is 20.8 Å². The summed E-state index contributed by atoms with van der Waals surface area (Å²) in [7, 11) is 3.64. The Labute approximate surface area is 116 Å². The van der Waals surface area contributed by atoms with E-state index in [0.717, 1.165) is 11.5 Å². The predicted molar refractivity (Wildman–Crippen MR) is 79.7 cm³/mol. The third-order valence-electron chi connectivity index (χ3n) is 3.19. The number of amides is 1. The highest BCUT2D eigenvalue weighted by Crippen LogP contribution is 2.24. The van der Waals surface area contributed by atoms with Gasteiger partial charge in [0.2, 0.25) is 0 Å². The predicted octanol–water partition coefficient (Wildman–Crippen LogP) is 2.90. The zero-order valence-corrected chi connectivity index (χ0v) is 13.0. The molecule has 0 unspecified atom stereocenters. The first-order valence-corrected chi connectivity index (χ1v) is 6.64. The molecule has 1 heterocycles. The molecule has 0 atom stereocenters. The first kappa shape index (κ1) is 15.5. The van der Waals surface area contributed by atoms with Gasteiger partial charge in [-0.25, -0.2) is 4.98 Å². The number of carbonyl (C=O) groups is 1. The summed E-state index contributed by atoms with van der Waals surface area (Å²) in [6.07, 6.45) is 0. The van der Waals surface area contributed by atoms with Crippen molar-refractivity contribution < 1.29 is 4.79 Å². The van der Waals surface area contributed by atoms with Crippen LogP contribution in [0.3, 0.4) is 0 Å². The number of rotatable bonds is 3. The minimum atomic E-state index is -0.0850. The Morgan fingerprint density at radius 2 is 1.89 bits per heavy atom. The Hall–Kier alpha value is -1.58. The Kier molecular flexibility index (Phi) is 4.56. The molecule has 4 heteroatoms. The first-order valence-electron chi connectivity index (χ1n) is 6.64. The molecule has 19 heavy (non-hydrogen) atoms. The smallest absolute Gasteiger partial charge is 0.254 e. The summed E-state index contributed by atoms with van der Waals surface area (Å²) in [4.78, 5) is 18.7. The Morgan fingerprint density at radius 1 is 1.32 bits per heavy atom. The van der Waals surface area contributed by atoms with E-state index in [-0.39, 0.29) is 17.4 Å². The quantitative estimate of drug-likeness (QED) is 0.912. The van der Waals surface area contributed by atoms with Gasteiger partial charge < -0.3 is 10.2 Å². The van der Waals surface area contributed by atoms with Crippen molar-refractivity contribution in [2.45, 2.75) is 46.1 Å². The second-order valence-corrected chi connectivity index (χ2v) is 6.14. The van der Waals surface area contributed by atoms with Gasteiger partial charge in [-0.2, -0.15) is 0 Å². The van der Waals surface area contributed by atoms with Crippen LogP contribution in [0, 0.1) is 0 Å². The van der Waals surface area contributed by atoms with E-state index in [4.69, 9.17) is 0 Å². The van der Waals surface area contributed by atoms with Crippen LogP contribution in [0.5, 0.6) is 0 Å². The monoisotopic (exact) mass is 263 g/mol. The molecular weight excluding hydrogens is 238 g/mol. The van der Waals surface area contributed by atoms with Crippen molar-refractivity contribution in [2.75, 3.05) is 19.4 Å². The van der Waals surface area contributed by atoms with Crippen molar-refractivity contribution in [3.63, 3.8) is 0 Å². The topological polar surface area (TPSA) is 45.2 Å². The number of anilines is 1. The standard InChI is InChI=1S/C15H25N3O/c1-10(2)18(7)14(19)11-8-12(15(3,4)5)17-13(9-11)16-6/h8-10H,1-7H3,(H,16,17). The Bertz CT molecular complexity index is 461. The second kappa shape index (κ2) is 5.59. The van der Waals surface area contributed by atoms with Crippen LogP contribution in [-0.2, 0) is 5.41 Å². The lowest BCUT2D eigenvalue weighted by Crippen LogP contribution is -2.33. The first-order chi connectivity index (χ1) is 8.66. The van der Waals surface area contributed by atoms with Gasteiger partial charge in [0.25, 0.3) is 5.91 Å². The molecule has 0 saturated carbocycles. The molecule has 1 aromatic rings. The van der Waals surface area contributed by atoms with Gasteiger partial charge in [-0.15, -0.1) is 0 Å². The summed E-state index contributed by atoms with van der Waals surface area (Å²) < 4.78 is 0. The second-order valence-electron chi connectivity index (χ2n) is 6.14. The summed E-state index contributed by atoms with van der Waals surface area (Å²) in [5, 5.41) is 3.02. The van der Waals surface area contributed by atoms with E-state index in [9.17, 15) is 4.79 Å². The van der Waals surface area contributed by atoms with Gasteiger partial charge in [0, 0.05) is 36.8 Å². The Balaban J connectivity index is 3.25. The van der Waals surface area contributed by atoms with Gasteiger partial charge in [-0.3, -0.25) is 4.79 Å². The van der Waals surface area contributed by atoms with Crippen molar-refractivity contribution in [2.24, 2.45) is 0 Å². The Morgan fingerprint density at radius 3 is 2.32 bits per heavy atom. The van der Waals surface area contributed by atoms with E-state index < -0.39 is 0 Å². The van der Waals surface area contributed by atoms with E-state index >= 15 is 0 Å². The molecule has 0 saturated heterocycles. The molecule has 0 radical (unpaired) electrons. The summed E-state index contributed by atoms with van der Waals surface area (Å²) in [5.74, 6) is 0.757. The van der Waals surface area contributed by atoms with E-state index in [0.29, 0.717) is 5.56 Å². The number of pyridine rings is 1. The van der Waals surface area contributed by atoms with E-state index in [1.165, 1.54) is 0 Å². The fourth-order valence-electron chi connectivity index (χ4n) is 1.60. The van der Waals surface area contributed by atoms with E-state index in [1.807, 2.05) is 34.0 Å². The number of aromatic nitrogens is 1. The van der Waals surface area contributed by atoms with Gasteiger partial charge in [-0.05, 0) is 26.0 Å². The van der Waals surface area contributed by atoms with Crippen molar-refractivity contribution in [3.8, 4) is 0 Å². The van der Waals surface area contributed by atoms with Gasteiger partial charge in [0.1, 0.15) is 5.82 Å². The highest BCUT2D eigenvalue weighted by Gasteiger charge is 2.21. The van der Waals surface area contributed by atoms with Crippen LogP contribution >= 0.6 is 0 Å². The molecule has 1 rings (SSSR count). The maximum absolute atomic E-state index is 12.4. The highest BCUT2D eigenvalue weighted by atomic mass is 16.2. The van der Waals surface area contributed by atoms with Gasteiger partial charge in [0.15, 0.2) is 0 Å². The molecule has 0 fully saturated rings. The molecule has 0 aliphatic heterocycles. The molecule has 4 nitrogen and oxygen atoms in total. The molecule has 0 spiro atoms. The zero-order chi connectivity index (χ0) is 14.8. The molecule has 0 aliphatic rings. The number of carbonyl (C=O) groups excluding carboxylic acids is 1. The minimum absolute atomic E-state index is 0.0272. The number of hydrogen-bond donors (Lipinski definition) is 1. The summed E-state index contributed by atoms with van der Waals surface area (Å²) in [6.45, 7) is 10.3. The fraction of sp³-hybridized carbons (Fsp3) is 0.600. The van der Waals surface area contributed by atoms with Crippen LogP contribution in [0.2, 0.25) is 0 Å².